The third kappa shape index (κ3) is 2.23. The molecule has 58 valence electrons. The van der Waals surface area contributed by atoms with E-state index in [0.717, 1.165) is 18.4 Å². The Kier molecular flexibility index (Phi) is 2.48. The Morgan fingerprint density at radius 1 is 1.55 bits per heavy atom. The van der Waals surface area contributed by atoms with Gasteiger partial charge in [-0.2, -0.15) is 0 Å². The van der Waals surface area contributed by atoms with Crippen molar-refractivity contribution in [3.63, 3.8) is 0 Å². The molecular formula is C11H14. The molecule has 0 atom stereocenters. The molecule has 0 nitrogen and oxygen atoms in total. The normalized spacial score (nSPS) is 20.1. The predicted octanol–water partition coefficient (Wildman–Crippen LogP) is 3.40. The Balaban J connectivity index is 2.73. The Morgan fingerprint density at radius 3 is 2.73 bits per heavy atom. The van der Waals surface area contributed by atoms with E-state index in [-0.39, 0.29) is 0 Å². The highest BCUT2D eigenvalue weighted by Crippen LogP contribution is 2.24. The highest BCUT2D eigenvalue weighted by Gasteiger charge is 2.04. The summed E-state index contributed by atoms with van der Waals surface area (Å²) >= 11 is 0. The summed E-state index contributed by atoms with van der Waals surface area (Å²) in [7, 11) is 0. The van der Waals surface area contributed by atoms with Gasteiger partial charge >= 0.3 is 0 Å². The zero-order valence-corrected chi connectivity index (χ0v) is 7.06. The van der Waals surface area contributed by atoms with Crippen molar-refractivity contribution in [3.05, 3.63) is 48.1 Å². The summed E-state index contributed by atoms with van der Waals surface area (Å²) in [6.45, 7) is 9.60. The zero-order valence-electron chi connectivity index (χ0n) is 7.06. The van der Waals surface area contributed by atoms with Crippen LogP contribution in [0, 0.1) is 0 Å². The molecule has 0 aromatic rings. The fourth-order valence-corrected chi connectivity index (χ4v) is 1.26. The second-order valence-corrected chi connectivity index (χ2v) is 2.99. The van der Waals surface area contributed by atoms with E-state index in [1.54, 1.807) is 0 Å². The van der Waals surface area contributed by atoms with Crippen LogP contribution in [0.5, 0.6) is 0 Å². The molecule has 1 aliphatic carbocycles. The van der Waals surface area contributed by atoms with Crippen LogP contribution >= 0.6 is 0 Å². The molecule has 0 aromatic carbocycles. The Labute approximate surface area is 68.6 Å². The SMILES string of the molecule is C=CC1=C/C(=C\C(=C)C)CC1. The molecule has 0 heterocycles. The van der Waals surface area contributed by atoms with E-state index < -0.39 is 0 Å². The van der Waals surface area contributed by atoms with E-state index in [1.165, 1.54) is 11.1 Å². The maximum atomic E-state index is 3.84. The van der Waals surface area contributed by atoms with Crippen LogP contribution in [-0.4, -0.2) is 0 Å². The van der Waals surface area contributed by atoms with Crippen LogP contribution in [0.15, 0.2) is 48.1 Å². The molecule has 0 saturated heterocycles. The zero-order chi connectivity index (χ0) is 8.27. The van der Waals surface area contributed by atoms with Gasteiger partial charge in [-0.25, -0.2) is 0 Å². The standard InChI is InChI=1S/C11H14/c1-4-10-5-6-11(8-10)7-9(2)3/h4,7-8H,1-2,5-6H2,3H3/b11-7-. The van der Waals surface area contributed by atoms with E-state index in [9.17, 15) is 0 Å². The summed E-state index contributed by atoms with van der Waals surface area (Å²) in [5.74, 6) is 0. The van der Waals surface area contributed by atoms with Crippen LogP contribution in [0.25, 0.3) is 0 Å². The van der Waals surface area contributed by atoms with Gasteiger partial charge in [0.25, 0.3) is 0 Å². The summed E-state index contributed by atoms with van der Waals surface area (Å²) in [6, 6.07) is 0. The number of rotatable bonds is 2. The molecule has 1 rings (SSSR count). The predicted molar refractivity (Wildman–Crippen MR) is 50.4 cm³/mol. The van der Waals surface area contributed by atoms with Crippen LogP contribution in [0.2, 0.25) is 0 Å². The minimum absolute atomic E-state index is 1.13. The molecule has 1 aliphatic rings. The maximum Gasteiger partial charge on any atom is -0.0238 e. The minimum Gasteiger partial charge on any atom is -0.0988 e. The van der Waals surface area contributed by atoms with Crippen LogP contribution in [0.3, 0.4) is 0 Å². The largest absolute Gasteiger partial charge is 0.0988 e. The Hall–Kier alpha value is -1.04. The molecule has 0 saturated carbocycles. The molecule has 0 amide bonds. The molecule has 0 spiro atoms. The average Bonchev–Trinajstić information content (AvgIpc) is 2.34. The molecular weight excluding hydrogens is 132 g/mol. The lowest BCUT2D eigenvalue weighted by molar-refractivity contribution is 1.03. The topological polar surface area (TPSA) is 0 Å². The third-order valence-corrected chi connectivity index (χ3v) is 1.77. The molecule has 0 unspecified atom stereocenters. The summed E-state index contributed by atoms with van der Waals surface area (Å²) < 4.78 is 0. The van der Waals surface area contributed by atoms with E-state index >= 15 is 0 Å². The smallest absolute Gasteiger partial charge is 0.0238 e. The number of hydrogen-bond acceptors (Lipinski definition) is 0. The lowest BCUT2D eigenvalue weighted by atomic mass is 10.2. The summed E-state index contributed by atoms with van der Waals surface area (Å²) in [4.78, 5) is 0. The minimum atomic E-state index is 1.13. The van der Waals surface area contributed by atoms with Gasteiger partial charge in [0.15, 0.2) is 0 Å². The monoisotopic (exact) mass is 146 g/mol. The fourth-order valence-electron chi connectivity index (χ4n) is 1.26. The molecule has 0 aliphatic heterocycles. The second-order valence-electron chi connectivity index (χ2n) is 2.99. The van der Waals surface area contributed by atoms with Gasteiger partial charge in [0, 0.05) is 0 Å². The van der Waals surface area contributed by atoms with Crippen LogP contribution in [-0.2, 0) is 0 Å². The molecule has 0 heteroatoms. The molecule has 0 radical (unpaired) electrons. The van der Waals surface area contributed by atoms with E-state index in [4.69, 9.17) is 0 Å². The summed E-state index contributed by atoms with van der Waals surface area (Å²) in [5, 5.41) is 0. The highest BCUT2D eigenvalue weighted by atomic mass is 14.1. The first-order valence-corrected chi connectivity index (χ1v) is 3.91. The van der Waals surface area contributed by atoms with Gasteiger partial charge in [0.1, 0.15) is 0 Å². The van der Waals surface area contributed by atoms with Gasteiger partial charge in [-0.15, -0.1) is 0 Å². The van der Waals surface area contributed by atoms with Gasteiger partial charge in [0.05, 0.1) is 0 Å². The van der Waals surface area contributed by atoms with Crippen molar-refractivity contribution >= 4 is 0 Å². The Bertz CT molecular complexity index is 236. The van der Waals surface area contributed by atoms with Crippen LogP contribution in [0.1, 0.15) is 19.8 Å². The molecule has 0 N–H and O–H groups in total. The van der Waals surface area contributed by atoms with Gasteiger partial charge in [-0.1, -0.05) is 37.0 Å². The Morgan fingerprint density at radius 2 is 2.27 bits per heavy atom. The first-order chi connectivity index (χ1) is 5.22. The highest BCUT2D eigenvalue weighted by molar-refractivity contribution is 5.38. The van der Waals surface area contributed by atoms with E-state index in [0.29, 0.717) is 0 Å². The van der Waals surface area contributed by atoms with Crippen LogP contribution < -0.4 is 0 Å². The first-order valence-electron chi connectivity index (χ1n) is 3.91. The number of allylic oxidation sites excluding steroid dienone is 6. The molecule has 11 heavy (non-hydrogen) atoms. The summed E-state index contributed by atoms with van der Waals surface area (Å²) in [5.41, 5.74) is 3.85. The maximum absolute atomic E-state index is 3.84. The lowest BCUT2D eigenvalue weighted by Crippen LogP contribution is -1.70. The first kappa shape index (κ1) is 8.06. The van der Waals surface area contributed by atoms with Crippen LogP contribution in [0.4, 0.5) is 0 Å². The van der Waals surface area contributed by atoms with Crippen molar-refractivity contribution in [3.8, 4) is 0 Å². The van der Waals surface area contributed by atoms with E-state index in [2.05, 4.69) is 25.3 Å². The van der Waals surface area contributed by atoms with Gasteiger partial charge < -0.3 is 0 Å². The van der Waals surface area contributed by atoms with Crippen molar-refractivity contribution in [2.45, 2.75) is 19.8 Å². The number of hydrogen-bond donors (Lipinski definition) is 0. The average molecular weight is 146 g/mol. The second kappa shape index (κ2) is 3.38. The lowest BCUT2D eigenvalue weighted by Gasteiger charge is -1.90. The summed E-state index contributed by atoms with van der Waals surface area (Å²) in [6.07, 6.45) is 8.55. The molecule has 0 fully saturated rings. The molecule has 0 aromatic heterocycles. The fraction of sp³-hybridized carbons (Fsp3) is 0.273. The van der Waals surface area contributed by atoms with Crippen molar-refractivity contribution in [1.82, 2.24) is 0 Å². The van der Waals surface area contributed by atoms with Gasteiger partial charge in [-0.05, 0) is 30.9 Å². The quantitative estimate of drug-likeness (QED) is 0.560. The van der Waals surface area contributed by atoms with Crippen molar-refractivity contribution in [2.24, 2.45) is 0 Å². The third-order valence-electron chi connectivity index (χ3n) is 1.77. The van der Waals surface area contributed by atoms with E-state index in [1.807, 2.05) is 13.0 Å². The van der Waals surface area contributed by atoms with Crippen molar-refractivity contribution < 1.29 is 0 Å². The molecule has 0 bridgehead atoms. The van der Waals surface area contributed by atoms with Crippen molar-refractivity contribution in [1.29, 1.82) is 0 Å². The van der Waals surface area contributed by atoms with Gasteiger partial charge in [-0.3, -0.25) is 0 Å². The van der Waals surface area contributed by atoms with Crippen molar-refractivity contribution in [2.75, 3.05) is 0 Å². The van der Waals surface area contributed by atoms with Gasteiger partial charge in [0.2, 0.25) is 0 Å².